The fraction of sp³-hybridized carbons (Fsp3) is 0.292. The molecule has 7 nitrogen and oxygen atoms in total. The highest BCUT2D eigenvalue weighted by atomic mass is 16.5. The molecular formula is C24H25NO6. The number of carbonyl (C=O) groups excluding carboxylic acids is 1. The average molecular weight is 423 g/mol. The van der Waals surface area contributed by atoms with Crippen molar-refractivity contribution in [3.63, 3.8) is 0 Å². The maximum Gasteiger partial charge on any atom is 0.336 e. The maximum absolute atomic E-state index is 12.6. The second-order valence-corrected chi connectivity index (χ2v) is 7.30. The third-order valence-corrected chi connectivity index (χ3v) is 4.95. The van der Waals surface area contributed by atoms with Gasteiger partial charge in [-0.15, -0.1) is 0 Å². The SMILES string of the molecule is CCCCc1cc(=O)oc2cc(OC(C)C(=O)NC(C(=O)O)c3ccccc3)ccc12. The molecule has 0 aliphatic carbocycles. The van der Waals surface area contributed by atoms with Crippen LogP contribution >= 0.6 is 0 Å². The van der Waals surface area contributed by atoms with Gasteiger partial charge < -0.3 is 19.6 Å². The minimum absolute atomic E-state index is 0.345. The third-order valence-electron chi connectivity index (χ3n) is 4.95. The molecule has 1 aromatic heterocycles. The number of fused-ring (bicyclic) bond motifs is 1. The molecule has 0 saturated heterocycles. The van der Waals surface area contributed by atoms with Crippen molar-refractivity contribution >= 4 is 22.8 Å². The number of carboxylic acid groups (broad SMARTS) is 1. The number of hydrogen-bond acceptors (Lipinski definition) is 5. The minimum atomic E-state index is -1.18. The summed E-state index contributed by atoms with van der Waals surface area (Å²) in [6, 6.07) is 13.8. The standard InChI is InChI=1S/C24H25NO6/c1-3-4-8-17-13-21(26)31-20-14-18(11-12-19(17)20)30-15(2)23(27)25-22(24(28)29)16-9-6-5-7-10-16/h5-7,9-15,22H,3-4,8H2,1-2H3,(H,25,27)(H,28,29). The predicted molar refractivity (Wildman–Crippen MR) is 116 cm³/mol. The van der Waals surface area contributed by atoms with Crippen molar-refractivity contribution in [3.05, 3.63) is 76.1 Å². The van der Waals surface area contributed by atoms with Crippen LogP contribution in [0.2, 0.25) is 0 Å². The quantitative estimate of drug-likeness (QED) is 0.507. The molecule has 1 heterocycles. The molecular weight excluding hydrogens is 398 g/mol. The first-order chi connectivity index (χ1) is 14.9. The van der Waals surface area contributed by atoms with Crippen molar-refractivity contribution in [2.24, 2.45) is 0 Å². The van der Waals surface area contributed by atoms with E-state index in [0.29, 0.717) is 16.9 Å². The zero-order valence-corrected chi connectivity index (χ0v) is 17.5. The molecule has 3 aromatic rings. The van der Waals surface area contributed by atoms with Crippen LogP contribution in [0.15, 0.2) is 63.8 Å². The predicted octanol–water partition coefficient (Wildman–Crippen LogP) is 3.85. The summed E-state index contributed by atoms with van der Waals surface area (Å²) in [5.74, 6) is -1.40. The Balaban J connectivity index is 1.76. The molecule has 0 radical (unpaired) electrons. The Labute approximate surface area is 179 Å². The van der Waals surface area contributed by atoms with Crippen molar-refractivity contribution in [2.45, 2.75) is 45.3 Å². The number of aliphatic carboxylic acids is 1. The summed E-state index contributed by atoms with van der Waals surface area (Å²) in [7, 11) is 0. The van der Waals surface area contributed by atoms with E-state index in [1.807, 2.05) is 0 Å². The lowest BCUT2D eigenvalue weighted by atomic mass is 10.0. The van der Waals surface area contributed by atoms with Gasteiger partial charge in [-0.1, -0.05) is 43.7 Å². The van der Waals surface area contributed by atoms with E-state index in [9.17, 15) is 19.5 Å². The molecule has 0 aliphatic rings. The van der Waals surface area contributed by atoms with E-state index >= 15 is 0 Å². The Morgan fingerprint density at radius 2 is 1.87 bits per heavy atom. The number of carbonyl (C=O) groups is 2. The first-order valence-corrected chi connectivity index (χ1v) is 10.2. The van der Waals surface area contributed by atoms with Gasteiger partial charge in [0.25, 0.3) is 5.91 Å². The van der Waals surface area contributed by atoms with E-state index < -0.39 is 29.6 Å². The van der Waals surface area contributed by atoms with Gasteiger partial charge in [0, 0.05) is 17.5 Å². The zero-order valence-electron chi connectivity index (χ0n) is 17.5. The Bertz CT molecular complexity index is 1120. The largest absolute Gasteiger partial charge is 0.481 e. The molecule has 0 aliphatic heterocycles. The second-order valence-electron chi connectivity index (χ2n) is 7.30. The summed E-state index contributed by atoms with van der Waals surface area (Å²) in [5, 5.41) is 12.8. The van der Waals surface area contributed by atoms with E-state index in [2.05, 4.69) is 12.2 Å². The van der Waals surface area contributed by atoms with Crippen LogP contribution < -0.4 is 15.7 Å². The maximum atomic E-state index is 12.6. The van der Waals surface area contributed by atoms with Crippen molar-refractivity contribution < 1.29 is 23.8 Å². The monoisotopic (exact) mass is 423 g/mol. The van der Waals surface area contributed by atoms with Crippen LogP contribution in [-0.2, 0) is 16.0 Å². The summed E-state index contributed by atoms with van der Waals surface area (Å²) in [4.78, 5) is 36.1. The van der Waals surface area contributed by atoms with Crippen molar-refractivity contribution in [2.75, 3.05) is 0 Å². The molecule has 2 unspecified atom stereocenters. The number of carboxylic acids is 1. The van der Waals surface area contributed by atoms with Crippen molar-refractivity contribution in [3.8, 4) is 5.75 Å². The Hall–Kier alpha value is -3.61. The number of nitrogens with one attached hydrogen (secondary N) is 1. The number of ether oxygens (including phenoxy) is 1. The van der Waals surface area contributed by atoms with Gasteiger partial charge in [0.1, 0.15) is 11.3 Å². The molecule has 0 saturated carbocycles. The molecule has 1 amide bonds. The highest BCUT2D eigenvalue weighted by Crippen LogP contribution is 2.24. The van der Waals surface area contributed by atoms with E-state index in [1.54, 1.807) is 48.5 Å². The van der Waals surface area contributed by atoms with Crippen LogP contribution in [0.1, 0.15) is 43.9 Å². The average Bonchev–Trinajstić information content (AvgIpc) is 2.75. The molecule has 0 spiro atoms. The van der Waals surface area contributed by atoms with Crippen LogP contribution in [-0.4, -0.2) is 23.1 Å². The summed E-state index contributed by atoms with van der Waals surface area (Å²) < 4.78 is 11.0. The molecule has 0 fully saturated rings. The van der Waals surface area contributed by atoms with Gasteiger partial charge in [-0.3, -0.25) is 4.79 Å². The highest BCUT2D eigenvalue weighted by molar-refractivity contribution is 5.87. The number of amides is 1. The van der Waals surface area contributed by atoms with Gasteiger partial charge >= 0.3 is 11.6 Å². The third kappa shape index (κ3) is 5.51. The van der Waals surface area contributed by atoms with Crippen LogP contribution in [0.25, 0.3) is 11.0 Å². The van der Waals surface area contributed by atoms with E-state index in [-0.39, 0.29) is 0 Å². The minimum Gasteiger partial charge on any atom is -0.481 e. The fourth-order valence-corrected chi connectivity index (χ4v) is 3.31. The van der Waals surface area contributed by atoms with Gasteiger partial charge in [0.2, 0.25) is 0 Å². The van der Waals surface area contributed by atoms with Gasteiger partial charge in [-0.05, 0) is 43.0 Å². The molecule has 7 heteroatoms. The molecule has 31 heavy (non-hydrogen) atoms. The first-order valence-electron chi connectivity index (χ1n) is 10.2. The van der Waals surface area contributed by atoms with Crippen LogP contribution in [0.5, 0.6) is 5.75 Å². The molecule has 2 N–H and O–H groups in total. The second kappa shape index (κ2) is 9.93. The fourth-order valence-electron chi connectivity index (χ4n) is 3.31. The van der Waals surface area contributed by atoms with Gasteiger partial charge in [-0.2, -0.15) is 0 Å². The Kier molecular flexibility index (Phi) is 7.07. The number of rotatable bonds is 9. The van der Waals surface area contributed by atoms with E-state index in [0.717, 1.165) is 30.2 Å². The normalized spacial score (nSPS) is 12.8. The topological polar surface area (TPSA) is 106 Å². The summed E-state index contributed by atoms with van der Waals surface area (Å²) in [6.45, 7) is 3.61. The molecule has 2 atom stereocenters. The zero-order chi connectivity index (χ0) is 22.4. The van der Waals surface area contributed by atoms with Crippen LogP contribution in [0.4, 0.5) is 0 Å². The Morgan fingerprint density at radius 1 is 1.13 bits per heavy atom. The van der Waals surface area contributed by atoms with E-state index in [4.69, 9.17) is 9.15 Å². The molecule has 162 valence electrons. The van der Waals surface area contributed by atoms with Crippen LogP contribution in [0, 0.1) is 0 Å². The summed E-state index contributed by atoms with van der Waals surface area (Å²) in [6.07, 6.45) is 1.78. The summed E-state index contributed by atoms with van der Waals surface area (Å²) >= 11 is 0. The molecule has 3 rings (SSSR count). The van der Waals surface area contributed by atoms with Gasteiger partial charge in [0.05, 0.1) is 0 Å². The number of aryl methyl sites for hydroxylation is 1. The number of benzene rings is 2. The number of hydrogen-bond donors (Lipinski definition) is 2. The first kappa shape index (κ1) is 22.1. The lowest BCUT2D eigenvalue weighted by Crippen LogP contribution is -2.41. The summed E-state index contributed by atoms with van der Waals surface area (Å²) in [5.41, 5.74) is 1.32. The van der Waals surface area contributed by atoms with Crippen molar-refractivity contribution in [1.29, 1.82) is 0 Å². The Morgan fingerprint density at radius 3 is 2.55 bits per heavy atom. The van der Waals surface area contributed by atoms with Crippen LogP contribution in [0.3, 0.4) is 0 Å². The number of unbranched alkanes of at least 4 members (excludes halogenated alkanes) is 1. The van der Waals surface area contributed by atoms with Gasteiger partial charge in [-0.25, -0.2) is 9.59 Å². The van der Waals surface area contributed by atoms with E-state index in [1.165, 1.54) is 13.0 Å². The molecule has 0 bridgehead atoms. The smallest absolute Gasteiger partial charge is 0.336 e. The highest BCUT2D eigenvalue weighted by Gasteiger charge is 2.25. The van der Waals surface area contributed by atoms with Gasteiger partial charge in [0.15, 0.2) is 12.1 Å². The lowest BCUT2D eigenvalue weighted by Gasteiger charge is -2.19. The lowest BCUT2D eigenvalue weighted by molar-refractivity contribution is -0.143. The molecule has 2 aromatic carbocycles. The van der Waals surface area contributed by atoms with Crippen molar-refractivity contribution in [1.82, 2.24) is 5.32 Å².